The van der Waals surface area contributed by atoms with E-state index in [1.807, 2.05) is 36.4 Å². The van der Waals surface area contributed by atoms with Crippen molar-refractivity contribution in [2.75, 3.05) is 6.54 Å². The number of alkyl halides is 3. The summed E-state index contributed by atoms with van der Waals surface area (Å²) in [5.41, 5.74) is 5.34. The molecule has 2 aliphatic heterocycles. The number of aliphatic carboxylic acids is 1. The van der Waals surface area contributed by atoms with Crippen molar-refractivity contribution in [1.82, 2.24) is 15.3 Å². The zero-order chi connectivity index (χ0) is 23.6. The number of nitrogens with zero attached hydrogens (tertiary/aromatic N) is 1. The third kappa shape index (κ3) is 4.81. The standard InChI is InChI=1S/C20H15N3O3.C2HF3O2/c24-20-14-11-17(23-15(14)4-6-22-20)13-3-5-21-16(9-13)12-1-2-18-19(10-12)26-8-7-25-18;3-2(4,5)1(6)7/h1-3,5,7-11,23H,4,6H2,(H,22,24);(H,6,7). The topological polar surface area (TPSA) is 114 Å². The van der Waals surface area contributed by atoms with Crippen molar-refractivity contribution in [1.29, 1.82) is 0 Å². The number of carboxylic acid groups (broad SMARTS) is 1. The van der Waals surface area contributed by atoms with Gasteiger partial charge in [-0.2, -0.15) is 13.2 Å². The molecule has 0 aliphatic carbocycles. The fraction of sp³-hybridized carbons (Fsp3) is 0.136. The molecule has 1 aromatic carbocycles. The van der Waals surface area contributed by atoms with E-state index < -0.39 is 12.1 Å². The average molecular weight is 459 g/mol. The molecule has 3 N–H and O–H groups in total. The maximum Gasteiger partial charge on any atom is 0.490 e. The van der Waals surface area contributed by atoms with Gasteiger partial charge in [0.15, 0.2) is 11.5 Å². The van der Waals surface area contributed by atoms with Crippen LogP contribution < -0.4 is 14.8 Å². The predicted octanol–water partition coefficient (Wildman–Crippen LogP) is 3.91. The van der Waals surface area contributed by atoms with Crippen LogP contribution in [0.2, 0.25) is 0 Å². The number of carbonyl (C=O) groups is 2. The highest BCUT2D eigenvalue weighted by molar-refractivity contribution is 5.97. The van der Waals surface area contributed by atoms with Crippen LogP contribution in [-0.2, 0) is 11.2 Å². The van der Waals surface area contributed by atoms with Crippen molar-refractivity contribution in [3.63, 3.8) is 0 Å². The number of pyridine rings is 1. The van der Waals surface area contributed by atoms with E-state index in [0.717, 1.165) is 40.2 Å². The fourth-order valence-electron chi connectivity index (χ4n) is 3.26. The molecular weight excluding hydrogens is 443 g/mol. The number of carbonyl (C=O) groups excluding carboxylic acids is 1. The van der Waals surface area contributed by atoms with Crippen molar-refractivity contribution in [2.45, 2.75) is 12.6 Å². The summed E-state index contributed by atoms with van der Waals surface area (Å²) in [4.78, 5) is 28.7. The predicted molar refractivity (Wildman–Crippen MR) is 110 cm³/mol. The molecule has 33 heavy (non-hydrogen) atoms. The molecular formula is C22H16F3N3O5. The van der Waals surface area contributed by atoms with Crippen LogP contribution in [0.4, 0.5) is 13.2 Å². The number of carboxylic acids is 1. The number of benzene rings is 1. The van der Waals surface area contributed by atoms with Gasteiger partial charge in [0.1, 0.15) is 12.5 Å². The lowest BCUT2D eigenvalue weighted by Crippen LogP contribution is -2.31. The fourth-order valence-corrected chi connectivity index (χ4v) is 3.26. The Hall–Kier alpha value is -4.28. The Morgan fingerprint density at radius 3 is 2.45 bits per heavy atom. The largest absolute Gasteiger partial charge is 0.490 e. The number of hydrogen-bond acceptors (Lipinski definition) is 5. The minimum atomic E-state index is -5.08. The van der Waals surface area contributed by atoms with E-state index in [1.165, 1.54) is 12.5 Å². The van der Waals surface area contributed by atoms with Crippen LogP contribution >= 0.6 is 0 Å². The van der Waals surface area contributed by atoms with Gasteiger partial charge in [-0.25, -0.2) is 4.79 Å². The molecule has 2 aliphatic rings. The first-order valence-corrected chi connectivity index (χ1v) is 9.62. The van der Waals surface area contributed by atoms with E-state index in [0.29, 0.717) is 18.0 Å². The van der Waals surface area contributed by atoms with Gasteiger partial charge in [-0.05, 0) is 36.4 Å². The molecule has 0 unspecified atom stereocenters. The second-order valence-corrected chi connectivity index (χ2v) is 6.98. The molecule has 5 rings (SSSR count). The molecule has 170 valence electrons. The third-order valence-corrected chi connectivity index (χ3v) is 4.80. The molecule has 4 heterocycles. The first kappa shape index (κ1) is 21.9. The summed E-state index contributed by atoms with van der Waals surface area (Å²) in [6.45, 7) is 0.666. The van der Waals surface area contributed by atoms with Gasteiger partial charge in [0.25, 0.3) is 5.91 Å². The number of amides is 1. The third-order valence-electron chi connectivity index (χ3n) is 4.80. The average Bonchev–Trinajstić information content (AvgIpc) is 3.25. The lowest BCUT2D eigenvalue weighted by molar-refractivity contribution is -0.192. The minimum Gasteiger partial charge on any atom is -0.475 e. The summed E-state index contributed by atoms with van der Waals surface area (Å²) in [7, 11) is 0. The number of fused-ring (bicyclic) bond motifs is 2. The number of nitrogens with one attached hydrogen (secondary N) is 2. The Labute approximate surface area is 184 Å². The highest BCUT2D eigenvalue weighted by Crippen LogP contribution is 2.35. The number of hydrogen-bond donors (Lipinski definition) is 3. The summed E-state index contributed by atoms with van der Waals surface area (Å²) in [6.07, 6.45) is 0.504. The lowest BCUT2D eigenvalue weighted by atomic mass is 10.1. The molecule has 0 fully saturated rings. The lowest BCUT2D eigenvalue weighted by Gasteiger charge is -2.13. The summed E-state index contributed by atoms with van der Waals surface area (Å²) >= 11 is 0. The normalized spacial score (nSPS) is 14.0. The summed E-state index contributed by atoms with van der Waals surface area (Å²) < 4.78 is 42.6. The Balaban J connectivity index is 0.000000325. The van der Waals surface area contributed by atoms with E-state index in [2.05, 4.69) is 15.3 Å². The number of rotatable bonds is 2. The van der Waals surface area contributed by atoms with E-state index in [9.17, 15) is 18.0 Å². The zero-order valence-electron chi connectivity index (χ0n) is 16.8. The first-order chi connectivity index (χ1) is 15.7. The highest BCUT2D eigenvalue weighted by atomic mass is 19.4. The highest BCUT2D eigenvalue weighted by Gasteiger charge is 2.38. The monoisotopic (exact) mass is 459 g/mol. The van der Waals surface area contributed by atoms with Crippen molar-refractivity contribution in [3.8, 4) is 34.0 Å². The summed E-state index contributed by atoms with van der Waals surface area (Å²) in [6, 6.07) is 11.5. The molecule has 3 aromatic rings. The molecule has 0 bridgehead atoms. The van der Waals surface area contributed by atoms with Crippen LogP contribution in [0, 0.1) is 0 Å². The van der Waals surface area contributed by atoms with E-state index >= 15 is 0 Å². The maximum absolute atomic E-state index is 12.0. The smallest absolute Gasteiger partial charge is 0.475 e. The van der Waals surface area contributed by atoms with Gasteiger partial charge in [0, 0.05) is 41.7 Å². The SMILES string of the molecule is O=C(O)C(F)(F)F.O=C1NCCc2[nH]c(-c3ccnc(-c4ccc5c(c4)OC=CO5)c3)cc21. The van der Waals surface area contributed by atoms with Crippen molar-refractivity contribution < 1.29 is 37.3 Å². The molecule has 0 atom stereocenters. The molecule has 8 nitrogen and oxygen atoms in total. The second-order valence-electron chi connectivity index (χ2n) is 6.98. The van der Waals surface area contributed by atoms with Crippen LogP contribution in [0.1, 0.15) is 16.1 Å². The van der Waals surface area contributed by atoms with Crippen LogP contribution in [0.3, 0.4) is 0 Å². The number of halogens is 3. The Kier molecular flexibility index (Phi) is 5.78. The molecule has 11 heteroatoms. The van der Waals surface area contributed by atoms with Gasteiger partial charge in [0.2, 0.25) is 0 Å². The molecule has 1 amide bonds. The van der Waals surface area contributed by atoms with Gasteiger partial charge >= 0.3 is 12.1 Å². The van der Waals surface area contributed by atoms with Gasteiger partial charge in [-0.15, -0.1) is 0 Å². The Morgan fingerprint density at radius 2 is 1.76 bits per heavy atom. The molecule has 0 radical (unpaired) electrons. The molecule has 0 spiro atoms. The Morgan fingerprint density at radius 1 is 1.03 bits per heavy atom. The van der Waals surface area contributed by atoms with E-state index in [4.69, 9.17) is 19.4 Å². The quantitative estimate of drug-likeness (QED) is 0.536. The van der Waals surface area contributed by atoms with Crippen molar-refractivity contribution in [2.24, 2.45) is 0 Å². The number of aromatic amines is 1. The zero-order valence-corrected chi connectivity index (χ0v) is 16.8. The van der Waals surface area contributed by atoms with Crippen LogP contribution in [0.25, 0.3) is 22.5 Å². The van der Waals surface area contributed by atoms with Crippen molar-refractivity contribution in [3.05, 3.63) is 66.4 Å². The minimum absolute atomic E-state index is 0.0251. The number of aromatic nitrogens is 2. The maximum atomic E-state index is 12.0. The van der Waals surface area contributed by atoms with E-state index in [-0.39, 0.29) is 5.91 Å². The van der Waals surface area contributed by atoms with Gasteiger partial charge in [-0.3, -0.25) is 9.78 Å². The van der Waals surface area contributed by atoms with Crippen LogP contribution in [0.5, 0.6) is 11.5 Å². The van der Waals surface area contributed by atoms with Crippen molar-refractivity contribution >= 4 is 11.9 Å². The molecule has 0 saturated heterocycles. The molecule has 0 saturated carbocycles. The molecule has 2 aromatic heterocycles. The van der Waals surface area contributed by atoms with Gasteiger partial charge in [0.05, 0.1) is 11.3 Å². The number of ether oxygens (including phenoxy) is 2. The van der Waals surface area contributed by atoms with Gasteiger partial charge < -0.3 is 24.9 Å². The van der Waals surface area contributed by atoms with E-state index in [1.54, 1.807) is 6.20 Å². The number of H-pyrrole nitrogens is 1. The first-order valence-electron chi connectivity index (χ1n) is 9.62. The second kappa shape index (κ2) is 8.69. The van der Waals surface area contributed by atoms with Gasteiger partial charge in [-0.1, -0.05) is 0 Å². The Bertz CT molecular complexity index is 1250. The summed E-state index contributed by atoms with van der Waals surface area (Å²) in [5.74, 6) is -1.45. The van der Waals surface area contributed by atoms with Crippen LogP contribution in [-0.4, -0.2) is 39.7 Å². The van der Waals surface area contributed by atoms with Crippen LogP contribution in [0.15, 0.2) is 55.1 Å². The summed E-state index contributed by atoms with van der Waals surface area (Å²) in [5, 5.41) is 9.99.